The van der Waals surface area contributed by atoms with Gasteiger partial charge >= 0.3 is 0 Å². The molecule has 0 spiro atoms. The molecular formula is C17H14Cl2N4O. The first-order chi connectivity index (χ1) is 11.4. The predicted molar refractivity (Wildman–Crippen MR) is 95.7 cm³/mol. The van der Waals surface area contributed by atoms with Gasteiger partial charge in [-0.05, 0) is 38.1 Å². The van der Waals surface area contributed by atoms with Crippen molar-refractivity contribution in [1.82, 2.24) is 15.2 Å². The van der Waals surface area contributed by atoms with Crippen LogP contribution in [0.2, 0.25) is 10.2 Å². The van der Waals surface area contributed by atoms with E-state index >= 15 is 0 Å². The first kappa shape index (κ1) is 16.5. The number of nitrogens with zero attached hydrogens (tertiary/aromatic N) is 2. The fraction of sp³-hybridized carbons (Fsp3) is 0.118. The average molecular weight is 361 g/mol. The maximum absolute atomic E-state index is 12.3. The quantitative estimate of drug-likeness (QED) is 0.667. The molecule has 122 valence electrons. The van der Waals surface area contributed by atoms with Crippen molar-refractivity contribution in [2.24, 2.45) is 0 Å². The summed E-state index contributed by atoms with van der Waals surface area (Å²) in [6.45, 7) is 4.06. The van der Waals surface area contributed by atoms with Gasteiger partial charge < -0.3 is 5.32 Å². The van der Waals surface area contributed by atoms with Crippen LogP contribution in [0.15, 0.2) is 36.4 Å². The Morgan fingerprint density at radius 3 is 2.50 bits per heavy atom. The molecule has 0 atom stereocenters. The first-order valence-electron chi connectivity index (χ1n) is 7.20. The standard InChI is InChI=1S/C17H14Cl2N4O/c1-9-5-10(2)7-11(6-9)13-8-15(23-22-13)21-17(24)16-12(18)3-4-14(19)20-16/h3-8H,1-2H3,(H2,21,22,23,24). The highest BCUT2D eigenvalue weighted by Crippen LogP contribution is 2.23. The average Bonchev–Trinajstić information content (AvgIpc) is 2.97. The molecular weight excluding hydrogens is 347 g/mol. The van der Waals surface area contributed by atoms with Crippen LogP contribution in [0.5, 0.6) is 0 Å². The molecule has 7 heteroatoms. The summed E-state index contributed by atoms with van der Waals surface area (Å²) in [7, 11) is 0. The van der Waals surface area contributed by atoms with Crippen LogP contribution in [0.1, 0.15) is 21.6 Å². The van der Waals surface area contributed by atoms with Crippen molar-refractivity contribution in [3.63, 3.8) is 0 Å². The van der Waals surface area contributed by atoms with E-state index in [4.69, 9.17) is 23.2 Å². The van der Waals surface area contributed by atoms with Crippen molar-refractivity contribution in [1.29, 1.82) is 0 Å². The van der Waals surface area contributed by atoms with Gasteiger partial charge in [0.1, 0.15) is 10.8 Å². The largest absolute Gasteiger partial charge is 0.304 e. The van der Waals surface area contributed by atoms with Gasteiger partial charge in [0, 0.05) is 11.6 Å². The number of aromatic amines is 1. The Morgan fingerprint density at radius 1 is 1.08 bits per heavy atom. The van der Waals surface area contributed by atoms with Crippen molar-refractivity contribution in [3.8, 4) is 11.3 Å². The number of aryl methyl sites for hydroxylation is 2. The number of aromatic nitrogens is 3. The normalized spacial score (nSPS) is 10.7. The molecule has 2 N–H and O–H groups in total. The number of nitrogens with one attached hydrogen (secondary N) is 2. The number of hydrogen-bond donors (Lipinski definition) is 2. The summed E-state index contributed by atoms with van der Waals surface area (Å²) in [5.41, 5.74) is 4.17. The third-order valence-corrected chi connectivity index (χ3v) is 3.89. The molecule has 0 unspecified atom stereocenters. The van der Waals surface area contributed by atoms with E-state index in [9.17, 15) is 4.79 Å². The number of carbonyl (C=O) groups is 1. The van der Waals surface area contributed by atoms with Crippen LogP contribution in [-0.4, -0.2) is 21.1 Å². The number of amides is 1. The zero-order valence-corrected chi connectivity index (χ0v) is 14.5. The molecule has 2 aromatic heterocycles. The molecule has 0 bridgehead atoms. The molecule has 0 aliphatic heterocycles. The number of benzene rings is 1. The highest BCUT2D eigenvalue weighted by Gasteiger charge is 2.15. The molecule has 1 aromatic carbocycles. The van der Waals surface area contributed by atoms with E-state index in [1.165, 1.54) is 12.1 Å². The maximum Gasteiger partial charge on any atom is 0.277 e. The van der Waals surface area contributed by atoms with Gasteiger partial charge in [0.2, 0.25) is 0 Å². The van der Waals surface area contributed by atoms with E-state index in [0.717, 1.165) is 22.4 Å². The summed E-state index contributed by atoms with van der Waals surface area (Å²) in [6, 6.07) is 11.0. The SMILES string of the molecule is Cc1cc(C)cc(-c2cc(NC(=O)c3nc(Cl)ccc3Cl)n[nH]2)c1. The number of hydrogen-bond acceptors (Lipinski definition) is 3. The van der Waals surface area contributed by atoms with Gasteiger partial charge in [0.25, 0.3) is 5.91 Å². The summed E-state index contributed by atoms with van der Waals surface area (Å²) < 4.78 is 0. The van der Waals surface area contributed by atoms with Crippen molar-refractivity contribution < 1.29 is 4.79 Å². The fourth-order valence-corrected chi connectivity index (χ4v) is 2.76. The Morgan fingerprint density at radius 2 is 1.79 bits per heavy atom. The van der Waals surface area contributed by atoms with Gasteiger partial charge in [-0.2, -0.15) is 5.10 Å². The number of pyridine rings is 1. The summed E-state index contributed by atoms with van der Waals surface area (Å²) in [5.74, 6) is -0.0898. The fourth-order valence-electron chi connectivity index (χ4n) is 2.42. The van der Waals surface area contributed by atoms with Crippen molar-refractivity contribution >= 4 is 34.9 Å². The highest BCUT2D eigenvalue weighted by molar-refractivity contribution is 6.35. The second kappa shape index (κ2) is 6.63. The molecule has 24 heavy (non-hydrogen) atoms. The Hall–Kier alpha value is -2.37. The Bertz CT molecular complexity index is 900. The van der Waals surface area contributed by atoms with Gasteiger partial charge in [0.15, 0.2) is 5.82 Å². The minimum atomic E-state index is -0.471. The second-order valence-electron chi connectivity index (χ2n) is 5.46. The van der Waals surface area contributed by atoms with Crippen LogP contribution in [0.3, 0.4) is 0 Å². The van der Waals surface area contributed by atoms with Crippen LogP contribution >= 0.6 is 23.2 Å². The lowest BCUT2D eigenvalue weighted by atomic mass is 10.1. The topological polar surface area (TPSA) is 70.7 Å². The van der Waals surface area contributed by atoms with Gasteiger partial charge in [-0.1, -0.05) is 40.4 Å². The van der Waals surface area contributed by atoms with Gasteiger partial charge in [-0.3, -0.25) is 9.89 Å². The van der Waals surface area contributed by atoms with E-state index in [-0.39, 0.29) is 15.9 Å². The molecule has 0 fully saturated rings. The number of rotatable bonds is 3. The predicted octanol–water partition coefficient (Wildman–Crippen LogP) is 4.65. The molecule has 0 aliphatic carbocycles. The smallest absolute Gasteiger partial charge is 0.277 e. The van der Waals surface area contributed by atoms with E-state index in [0.29, 0.717) is 5.82 Å². The lowest BCUT2D eigenvalue weighted by Gasteiger charge is -2.03. The first-order valence-corrected chi connectivity index (χ1v) is 7.95. The Labute approximate surface area is 149 Å². The number of anilines is 1. The molecule has 5 nitrogen and oxygen atoms in total. The summed E-state index contributed by atoms with van der Waals surface area (Å²) in [6.07, 6.45) is 0. The van der Waals surface area contributed by atoms with Crippen LogP contribution in [-0.2, 0) is 0 Å². The van der Waals surface area contributed by atoms with Gasteiger partial charge in [-0.15, -0.1) is 0 Å². The zero-order chi connectivity index (χ0) is 17.3. The minimum absolute atomic E-state index is 0.0557. The Kier molecular flexibility index (Phi) is 4.55. The van der Waals surface area contributed by atoms with Gasteiger partial charge in [0.05, 0.1) is 10.7 Å². The molecule has 0 aliphatic rings. The third kappa shape index (κ3) is 3.58. The van der Waals surface area contributed by atoms with Crippen molar-refractivity contribution in [3.05, 3.63) is 63.4 Å². The molecule has 1 amide bonds. The molecule has 3 aromatic rings. The van der Waals surface area contributed by atoms with E-state index in [1.54, 1.807) is 6.07 Å². The third-order valence-electron chi connectivity index (χ3n) is 3.38. The maximum atomic E-state index is 12.3. The Balaban J connectivity index is 1.83. The van der Waals surface area contributed by atoms with Crippen LogP contribution < -0.4 is 5.32 Å². The minimum Gasteiger partial charge on any atom is -0.304 e. The van der Waals surface area contributed by atoms with E-state index in [1.807, 2.05) is 26.0 Å². The lowest BCUT2D eigenvalue weighted by Crippen LogP contribution is -2.14. The van der Waals surface area contributed by atoms with Crippen LogP contribution in [0, 0.1) is 13.8 Å². The van der Waals surface area contributed by atoms with Crippen LogP contribution in [0.4, 0.5) is 5.82 Å². The molecule has 2 heterocycles. The summed E-state index contributed by atoms with van der Waals surface area (Å²) >= 11 is 11.8. The molecule has 0 saturated heterocycles. The number of carbonyl (C=O) groups excluding carboxylic acids is 1. The van der Waals surface area contributed by atoms with E-state index < -0.39 is 5.91 Å². The number of halogens is 2. The highest BCUT2D eigenvalue weighted by atomic mass is 35.5. The second-order valence-corrected chi connectivity index (χ2v) is 6.26. The zero-order valence-electron chi connectivity index (χ0n) is 13.0. The molecule has 0 radical (unpaired) electrons. The summed E-state index contributed by atoms with van der Waals surface area (Å²) in [4.78, 5) is 16.2. The van der Waals surface area contributed by atoms with Crippen molar-refractivity contribution in [2.75, 3.05) is 5.32 Å². The summed E-state index contributed by atoms with van der Waals surface area (Å²) in [5, 5.41) is 10.1. The monoisotopic (exact) mass is 360 g/mol. The van der Waals surface area contributed by atoms with Gasteiger partial charge in [-0.25, -0.2) is 4.98 Å². The van der Waals surface area contributed by atoms with Crippen LogP contribution in [0.25, 0.3) is 11.3 Å². The molecule has 3 rings (SSSR count). The molecule has 0 saturated carbocycles. The van der Waals surface area contributed by atoms with Crippen molar-refractivity contribution in [2.45, 2.75) is 13.8 Å². The van der Waals surface area contributed by atoms with E-state index in [2.05, 4.69) is 26.6 Å². The number of H-pyrrole nitrogens is 1. The lowest BCUT2D eigenvalue weighted by molar-refractivity contribution is 0.102.